The minimum absolute atomic E-state index is 0.0728. The van der Waals surface area contributed by atoms with Crippen LogP contribution in [0.5, 0.6) is 0 Å². The first-order valence-electron chi connectivity index (χ1n) is 5.76. The molecule has 94 valence electrons. The lowest BCUT2D eigenvalue weighted by atomic mass is 10.0. The number of benzene rings is 1. The van der Waals surface area contributed by atoms with Gasteiger partial charge >= 0.3 is 5.97 Å². The fraction of sp³-hybridized carbons (Fsp3) is 0.286. The zero-order chi connectivity index (χ0) is 13.4. The monoisotopic (exact) mass is 245 g/mol. The van der Waals surface area contributed by atoms with Gasteiger partial charge in [-0.1, -0.05) is 6.07 Å². The van der Waals surface area contributed by atoms with E-state index in [0.29, 0.717) is 10.9 Å². The molecule has 18 heavy (non-hydrogen) atoms. The van der Waals surface area contributed by atoms with Crippen molar-refractivity contribution in [2.45, 2.75) is 26.8 Å². The van der Waals surface area contributed by atoms with E-state index in [-0.39, 0.29) is 5.43 Å². The van der Waals surface area contributed by atoms with Crippen molar-refractivity contribution in [3.8, 4) is 0 Å². The van der Waals surface area contributed by atoms with E-state index in [1.54, 1.807) is 17.7 Å². The van der Waals surface area contributed by atoms with Gasteiger partial charge in [0.25, 0.3) is 0 Å². The molecule has 0 aliphatic rings. The third kappa shape index (κ3) is 1.90. The number of hydrogen-bond donors (Lipinski definition) is 1. The Hall–Kier alpha value is -2.10. The van der Waals surface area contributed by atoms with Gasteiger partial charge in [-0.3, -0.25) is 4.79 Å². The van der Waals surface area contributed by atoms with Crippen molar-refractivity contribution in [3.05, 3.63) is 45.7 Å². The molecule has 4 nitrogen and oxygen atoms in total. The van der Waals surface area contributed by atoms with E-state index < -0.39 is 12.0 Å². The molecule has 0 amide bonds. The molecule has 0 fully saturated rings. The number of aryl methyl sites for hydroxylation is 2. The highest BCUT2D eigenvalue weighted by Gasteiger charge is 2.16. The predicted octanol–water partition coefficient (Wildman–Crippen LogP) is 2.26. The van der Waals surface area contributed by atoms with Gasteiger partial charge in [0.1, 0.15) is 6.04 Å². The van der Waals surface area contributed by atoms with Crippen molar-refractivity contribution in [2.24, 2.45) is 0 Å². The van der Waals surface area contributed by atoms with Crippen molar-refractivity contribution in [1.82, 2.24) is 4.57 Å². The number of rotatable bonds is 2. The van der Waals surface area contributed by atoms with Crippen LogP contribution < -0.4 is 5.43 Å². The second kappa shape index (κ2) is 4.29. The molecule has 0 aliphatic heterocycles. The molecule has 0 bridgehead atoms. The molecule has 2 aromatic rings. The average Bonchev–Trinajstić information content (AvgIpc) is 2.27. The van der Waals surface area contributed by atoms with Crippen LogP contribution in [0.2, 0.25) is 0 Å². The van der Waals surface area contributed by atoms with Crippen molar-refractivity contribution in [3.63, 3.8) is 0 Å². The largest absolute Gasteiger partial charge is 0.480 e. The maximum absolute atomic E-state index is 11.9. The summed E-state index contributed by atoms with van der Waals surface area (Å²) in [5.41, 5.74) is 2.49. The Kier molecular flexibility index (Phi) is 2.95. The number of aliphatic carboxylic acids is 1. The second-order valence-electron chi connectivity index (χ2n) is 4.58. The first-order chi connectivity index (χ1) is 8.41. The molecule has 0 radical (unpaired) electrons. The molecule has 0 aliphatic carbocycles. The van der Waals surface area contributed by atoms with Gasteiger partial charge in [-0.2, -0.15) is 0 Å². The van der Waals surface area contributed by atoms with Gasteiger partial charge < -0.3 is 9.67 Å². The van der Waals surface area contributed by atoms with Gasteiger partial charge in [-0.05, 0) is 38.0 Å². The minimum atomic E-state index is -0.917. The van der Waals surface area contributed by atoms with Crippen LogP contribution in [0.3, 0.4) is 0 Å². The Morgan fingerprint density at radius 3 is 2.61 bits per heavy atom. The lowest BCUT2D eigenvalue weighted by Gasteiger charge is -2.16. The Labute approximate surface area is 104 Å². The molecule has 2 rings (SSSR count). The van der Waals surface area contributed by atoms with Crippen LogP contribution in [0.4, 0.5) is 0 Å². The number of fused-ring (bicyclic) bond motifs is 1. The Morgan fingerprint density at radius 1 is 1.33 bits per heavy atom. The maximum Gasteiger partial charge on any atom is 0.326 e. The summed E-state index contributed by atoms with van der Waals surface area (Å²) in [6.07, 6.45) is 1.54. The summed E-state index contributed by atoms with van der Waals surface area (Å²) >= 11 is 0. The summed E-state index contributed by atoms with van der Waals surface area (Å²) < 4.78 is 1.62. The van der Waals surface area contributed by atoms with E-state index in [9.17, 15) is 9.59 Å². The number of carboxylic acids is 1. The number of carboxylic acid groups (broad SMARTS) is 1. The number of nitrogens with zero attached hydrogens (tertiary/aromatic N) is 1. The molecule has 0 saturated carbocycles. The lowest BCUT2D eigenvalue weighted by molar-refractivity contribution is -0.140. The molecule has 0 saturated heterocycles. The van der Waals surface area contributed by atoms with Crippen molar-refractivity contribution in [1.29, 1.82) is 0 Å². The van der Waals surface area contributed by atoms with Gasteiger partial charge in [0, 0.05) is 17.6 Å². The van der Waals surface area contributed by atoms with Crippen LogP contribution in [0.1, 0.15) is 24.1 Å². The lowest BCUT2D eigenvalue weighted by Crippen LogP contribution is -2.19. The van der Waals surface area contributed by atoms with Crippen molar-refractivity contribution >= 4 is 16.9 Å². The standard InChI is InChI=1S/C14H15NO3/c1-8-6-9(2)13-11(7-8)15(5-4-12(13)16)10(3)14(17)18/h4-7,10H,1-3H3,(H,17,18). The number of carbonyl (C=O) groups is 1. The van der Waals surface area contributed by atoms with Gasteiger partial charge in [-0.15, -0.1) is 0 Å². The van der Waals surface area contributed by atoms with Crippen LogP contribution in [0.15, 0.2) is 29.2 Å². The number of hydrogen-bond acceptors (Lipinski definition) is 2. The first-order valence-corrected chi connectivity index (χ1v) is 5.76. The van der Waals surface area contributed by atoms with Gasteiger partial charge in [0.15, 0.2) is 5.43 Å². The number of pyridine rings is 1. The van der Waals surface area contributed by atoms with Crippen LogP contribution >= 0.6 is 0 Å². The predicted molar refractivity (Wildman–Crippen MR) is 70.0 cm³/mol. The van der Waals surface area contributed by atoms with Crippen LogP contribution in [0.25, 0.3) is 10.9 Å². The highest BCUT2D eigenvalue weighted by Crippen LogP contribution is 2.20. The Morgan fingerprint density at radius 2 is 2.00 bits per heavy atom. The molecular formula is C14H15NO3. The van der Waals surface area contributed by atoms with Crippen LogP contribution in [-0.2, 0) is 4.79 Å². The van der Waals surface area contributed by atoms with E-state index in [4.69, 9.17) is 5.11 Å². The Balaban J connectivity index is 2.89. The fourth-order valence-electron chi connectivity index (χ4n) is 2.24. The molecule has 1 aromatic heterocycles. The number of aromatic nitrogens is 1. The first kappa shape index (κ1) is 12.4. The SMILES string of the molecule is Cc1cc(C)c2c(=O)ccn(C(C)C(=O)O)c2c1. The molecule has 1 heterocycles. The van der Waals surface area contributed by atoms with Gasteiger partial charge in [0.2, 0.25) is 0 Å². The summed E-state index contributed by atoms with van der Waals surface area (Å²) in [6, 6.07) is 4.50. The summed E-state index contributed by atoms with van der Waals surface area (Å²) in [7, 11) is 0. The zero-order valence-corrected chi connectivity index (χ0v) is 10.6. The topological polar surface area (TPSA) is 59.3 Å². The molecule has 1 atom stereocenters. The quantitative estimate of drug-likeness (QED) is 0.882. The van der Waals surface area contributed by atoms with E-state index in [1.165, 1.54) is 6.07 Å². The van der Waals surface area contributed by atoms with Crippen LogP contribution in [0, 0.1) is 13.8 Å². The summed E-state index contributed by atoms with van der Waals surface area (Å²) in [5.74, 6) is -0.917. The second-order valence-corrected chi connectivity index (χ2v) is 4.58. The third-order valence-corrected chi connectivity index (χ3v) is 3.14. The average molecular weight is 245 g/mol. The van der Waals surface area contributed by atoms with E-state index in [1.807, 2.05) is 26.0 Å². The molecule has 1 aromatic carbocycles. The summed E-state index contributed by atoms with van der Waals surface area (Å²) in [5, 5.41) is 9.70. The fourth-order valence-corrected chi connectivity index (χ4v) is 2.24. The molecule has 0 spiro atoms. The minimum Gasteiger partial charge on any atom is -0.480 e. The van der Waals surface area contributed by atoms with Crippen LogP contribution in [-0.4, -0.2) is 15.6 Å². The summed E-state index contributed by atoms with van der Waals surface area (Å²) in [4.78, 5) is 23.0. The highest BCUT2D eigenvalue weighted by molar-refractivity contribution is 5.85. The van der Waals surface area contributed by atoms with Crippen molar-refractivity contribution in [2.75, 3.05) is 0 Å². The van der Waals surface area contributed by atoms with Crippen molar-refractivity contribution < 1.29 is 9.90 Å². The Bertz CT molecular complexity index is 685. The summed E-state index contributed by atoms with van der Waals surface area (Å²) in [6.45, 7) is 5.40. The third-order valence-electron chi connectivity index (χ3n) is 3.14. The molecular weight excluding hydrogens is 230 g/mol. The zero-order valence-electron chi connectivity index (χ0n) is 10.6. The van der Waals surface area contributed by atoms with Gasteiger partial charge in [0.05, 0.1) is 5.52 Å². The van der Waals surface area contributed by atoms with E-state index in [2.05, 4.69) is 0 Å². The van der Waals surface area contributed by atoms with E-state index in [0.717, 1.165) is 11.1 Å². The van der Waals surface area contributed by atoms with Gasteiger partial charge in [-0.25, -0.2) is 4.79 Å². The normalized spacial score (nSPS) is 12.6. The van der Waals surface area contributed by atoms with E-state index >= 15 is 0 Å². The molecule has 4 heteroatoms. The highest BCUT2D eigenvalue weighted by atomic mass is 16.4. The smallest absolute Gasteiger partial charge is 0.326 e. The molecule has 1 unspecified atom stereocenters. The molecule has 1 N–H and O–H groups in total. The maximum atomic E-state index is 11.9.